The zero-order chi connectivity index (χ0) is 25.8. The third kappa shape index (κ3) is 7.85. The van der Waals surface area contributed by atoms with Crippen molar-refractivity contribution in [3.63, 3.8) is 0 Å². The zero-order valence-corrected chi connectivity index (χ0v) is 24.0. The van der Waals surface area contributed by atoms with Crippen LogP contribution in [0, 0.1) is 18.7 Å². The van der Waals surface area contributed by atoms with E-state index in [-0.39, 0.29) is 66.9 Å². The van der Waals surface area contributed by atoms with Crippen molar-refractivity contribution in [3.8, 4) is 11.5 Å². The van der Waals surface area contributed by atoms with Crippen molar-refractivity contribution in [2.45, 2.75) is 84.0 Å². The minimum atomic E-state index is -1.19. The van der Waals surface area contributed by atoms with Crippen LogP contribution < -0.4 is 34.7 Å². The number of hydrogen-bond donors (Lipinski definition) is 0. The fourth-order valence-electron chi connectivity index (χ4n) is 4.51. The van der Waals surface area contributed by atoms with Gasteiger partial charge in [-0.05, 0) is 68.1 Å². The number of rotatable bonds is 13. The molecule has 1 aliphatic carbocycles. The first-order chi connectivity index (χ1) is 17.2. The molecule has 0 N–H and O–H groups in total. The second-order valence-corrected chi connectivity index (χ2v) is 10.3. The molecular weight excluding hydrogens is 486 g/mol. The summed E-state index contributed by atoms with van der Waals surface area (Å²) in [7, 11) is 0. The summed E-state index contributed by atoms with van der Waals surface area (Å²) in [6.45, 7) is 6.08. The van der Waals surface area contributed by atoms with Crippen molar-refractivity contribution in [2.24, 2.45) is 5.92 Å². The molecule has 0 bridgehead atoms. The maximum absolute atomic E-state index is 14.3. The molecule has 9 heteroatoms. The van der Waals surface area contributed by atoms with Gasteiger partial charge in [0.25, 0.3) is 0 Å². The second kappa shape index (κ2) is 13.0. The number of carboxylic acids is 1. The molecule has 37 heavy (non-hydrogen) atoms. The first-order valence-electron chi connectivity index (χ1n) is 12.6. The number of aryl methyl sites for hydroxylation is 2. The van der Waals surface area contributed by atoms with E-state index < -0.39 is 17.7 Å². The number of nitrogens with zero attached hydrogens (tertiary/aromatic N) is 2. The SMILES string of the molecule is Cc1ccc(CC(=O)C[C@H](CCC(=O)[O-])c2noc(-c3cc(CCC(C)C)on3)c2C2CC2)c(F)c1.[Na+]. The summed E-state index contributed by atoms with van der Waals surface area (Å²) in [4.78, 5) is 24.2. The molecule has 0 aliphatic heterocycles. The van der Waals surface area contributed by atoms with Crippen molar-refractivity contribution < 1.29 is 57.7 Å². The van der Waals surface area contributed by atoms with Crippen LogP contribution in [0.2, 0.25) is 0 Å². The molecule has 0 spiro atoms. The number of halogens is 1. The topological polar surface area (TPSA) is 109 Å². The van der Waals surface area contributed by atoms with Gasteiger partial charge in [-0.15, -0.1) is 0 Å². The van der Waals surface area contributed by atoms with Gasteiger partial charge in [-0.1, -0.05) is 36.3 Å². The summed E-state index contributed by atoms with van der Waals surface area (Å²) >= 11 is 0. The summed E-state index contributed by atoms with van der Waals surface area (Å²) in [5.74, 6) is -0.254. The molecule has 1 fully saturated rings. The Hall–Kier alpha value is -2.29. The zero-order valence-electron chi connectivity index (χ0n) is 22.0. The number of carboxylic acid groups (broad SMARTS) is 1. The molecule has 1 aliphatic rings. The average molecular weight is 519 g/mol. The van der Waals surface area contributed by atoms with E-state index in [9.17, 15) is 19.1 Å². The van der Waals surface area contributed by atoms with Gasteiger partial charge >= 0.3 is 29.6 Å². The van der Waals surface area contributed by atoms with E-state index in [1.807, 2.05) is 6.07 Å². The summed E-state index contributed by atoms with van der Waals surface area (Å²) < 4.78 is 25.6. The predicted molar refractivity (Wildman–Crippen MR) is 129 cm³/mol. The van der Waals surface area contributed by atoms with Crippen LogP contribution >= 0.6 is 0 Å². The van der Waals surface area contributed by atoms with E-state index in [2.05, 4.69) is 24.2 Å². The molecule has 1 aromatic carbocycles. The summed E-state index contributed by atoms with van der Waals surface area (Å²) in [6, 6.07) is 6.64. The van der Waals surface area contributed by atoms with Crippen LogP contribution in [0.1, 0.15) is 92.4 Å². The first-order valence-corrected chi connectivity index (χ1v) is 12.6. The number of Topliss-reactive ketones (excluding diaryl/α,β-unsaturated/α-hetero) is 1. The van der Waals surface area contributed by atoms with Crippen LogP contribution in [0.25, 0.3) is 11.5 Å². The van der Waals surface area contributed by atoms with Gasteiger partial charge < -0.3 is 18.9 Å². The molecule has 2 heterocycles. The average Bonchev–Trinajstić information content (AvgIpc) is 3.37. The second-order valence-electron chi connectivity index (χ2n) is 10.3. The van der Waals surface area contributed by atoms with Crippen molar-refractivity contribution in [2.75, 3.05) is 0 Å². The third-order valence-corrected chi connectivity index (χ3v) is 6.66. The molecule has 0 amide bonds. The molecule has 1 atom stereocenters. The van der Waals surface area contributed by atoms with E-state index in [1.165, 1.54) is 6.07 Å². The number of carbonyl (C=O) groups is 2. The Kier molecular flexibility index (Phi) is 10.3. The van der Waals surface area contributed by atoms with E-state index in [4.69, 9.17) is 9.05 Å². The van der Waals surface area contributed by atoms with Gasteiger partial charge in [-0.2, -0.15) is 0 Å². The number of aromatic nitrogens is 2. The first kappa shape index (κ1) is 29.3. The monoisotopic (exact) mass is 518 g/mol. The Labute approximate surface area is 238 Å². The summed E-state index contributed by atoms with van der Waals surface area (Å²) in [5.41, 5.74) is 3.11. The molecule has 192 valence electrons. The Morgan fingerprint density at radius 3 is 2.54 bits per heavy atom. The number of benzene rings is 1. The van der Waals surface area contributed by atoms with Crippen molar-refractivity contribution in [1.29, 1.82) is 0 Å². The number of aliphatic carboxylic acids is 1. The van der Waals surface area contributed by atoms with E-state index in [1.54, 1.807) is 19.1 Å². The molecule has 0 saturated heterocycles. The maximum Gasteiger partial charge on any atom is 1.00 e. The van der Waals surface area contributed by atoms with Crippen LogP contribution in [-0.4, -0.2) is 22.1 Å². The van der Waals surface area contributed by atoms with Crippen LogP contribution in [0.15, 0.2) is 33.3 Å². The minimum Gasteiger partial charge on any atom is -0.550 e. The molecule has 0 unspecified atom stereocenters. The quantitative estimate of drug-likeness (QED) is 0.319. The van der Waals surface area contributed by atoms with Gasteiger partial charge in [0, 0.05) is 42.8 Å². The normalized spacial score (nSPS) is 14.0. The molecule has 2 aromatic heterocycles. The van der Waals surface area contributed by atoms with Gasteiger partial charge in [0.2, 0.25) is 0 Å². The van der Waals surface area contributed by atoms with Crippen LogP contribution in [0.4, 0.5) is 4.39 Å². The molecule has 0 radical (unpaired) electrons. The predicted octanol–water partition coefficient (Wildman–Crippen LogP) is 2.06. The number of hydrogen-bond acceptors (Lipinski definition) is 7. The maximum atomic E-state index is 14.3. The third-order valence-electron chi connectivity index (χ3n) is 6.66. The fourth-order valence-corrected chi connectivity index (χ4v) is 4.51. The Morgan fingerprint density at radius 2 is 1.89 bits per heavy atom. The van der Waals surface area contributed by atoms with E-state index in [0.717, 1.165) is 42.6 Å². The number of carbonyl (C=O) groups excluding carboxylic acids is 2. The van der Waals surface area contributed by atoms with E-state index in [0.29, 0.717) is 28.6 Å². The molecule has 1 saturated carbocycles. The molecule has 7 nitrogen and oxygen atoms in total. The summed E-state index contributed by atoms with van der Waals surface area (Å²) in [6.07, 6.45) is 3.57. The Balaban J connectivity index is 0.00000380. The Bertz CT molecular complexity index is 1230. The van der Waals surface area contributed by atoms with Gasteiger partial charge in [0.1, 0.15) is 17.4 Å². The standard InChI is InChI=1S/C28H33FN2O5.Na/c1-16(2)4-10-22-15-24(30-35-22)28-26(18-7-8-18)27(31-36-28)20(9-11-25(33)34)14-21(32)13-19-6-5-17(3)12-23(19)29;/h5-6,12,15-16,18,20H,4,7-11,13-14H2,1-3H3,(H,33,34);/q;+1/p-1/t20-;/m0./s1. The van der Waals surface area contributed by atoms with Crippen LogP contribution in [0.5, 0.6) is 0 Å². The van der Waals surface area contributed by atoms with Gasteiger partial charge in [-0.3, -0.25) is 4.79 Å². The van der Waals surface area contributed by atoms with Crippen LogP contribution in [0.3, 0.4) is 0 Å². The molecule has 3 aromatic rings. The van der Waals surface area contributed by atoms with Gasteiger partial charge in [-0.25, -0.2) is 4.39 Å². The fraction of sp³-hybridized carbons (Fsp3) is 0.500. The van der Waals surface area contributed by atoms with Gasteiger partial charge in [0.15, 0.2) is 11.5 Å². The molecular formula is C28H32FN2NaO5. The Morgan fingerprint density at radius 1 is 1.14 bits per heavy atom. The summed E-state index contributed by atoms with van der Waals surface area (Å²) in [5, 5.41) is 19.7. The van der Waals surface area contributed by atoms with Crippen LogP contribution in [-0.2, 0) is 22.4 Å². The van der Waals surface area contributed by atoms with Crippen molar-refractivity contribution in [1.82, 2.24) is 10.3 Å². The van der Waals surface area contributed by atoms with Crippen molar-refractivity contribution >= 4 is 11.8 Å². The van der Waals surface area contributed by atoms with Crippen molar-refractivity contribution in [3.05, 3.63) is 58.2 Å². The number of ketones is 1. The largest absolute Gasteiger partial charge is 1.00 e. The van der Waals surface area contributed by atoms with E-state index >= 15 is 0 Å². The smallest absolute Gasteiger partial charge is 0.550 e. The minimum absolute atomic E-state index is 0. The van der Waals surface area contributed by atoms with Gasteiger partial charge in [0.05, 0.1) is 5.69 Å². The molecule has 4 rings (SSSR count).